The van der Waals surface area contributed by atoms with Gasteiger partial charge in [0.2, 0.25) is 0 Å². The van der Waals surface area contributed by atoms with Crippen molar-refractivity contribution in [3.05, 3.63) is 48.0 Å². The van der Waals surface area contributed by atoms with Gasteiger partial charge in [0.05, 0.1) is 13.0 Å². The minimum atomic E-state index is -0.156. The van der Waals surface area contributed by atoms with E-state index in [9.17, 15) is 4.79 Å². The number of carbonyl (C=O) groups excluding carboxylic acids is 1. The van der Waals surface area contributed by atoms with Gasteiger partial charge < -0.3 is 10.1 Å². The summed E-state index contributed by atoms with van der Waals surface area (Å²) in [5, 5.41) is 3.30. The number of rotatable bonds is 8. The largest absolute Gasteiger partial charge is 0.466 e. The molecule has 104 valence electrons. The summed E-state index contributed by atoms with van der Waals surface area (Å²) in [7, 11) is 0. The number of hydrogen-bond acceptors (Lipinski definition) is 3. The fourth-order valence-corrected chi connectivity index (χ4v) is 1.90. The Labute approximate surface area is 115 Å². The summed E-state index contributed by atoms with van der Waals surface area (Å²) in [5.41, 5.74) is 2.46. The molecular weight excluding hydrogens is 238 g/mol. The molecular formula is C16H23NO2. The van der Waals surface area contributed by atoms with Gasteiger partial charge in [-0.15, -0.1) is 6.58 Å². The predicted octanol–water partition coefficient (Wildman–Crippen LogP) is 2.63. The van der Waals surface area contributed by atoms with E-state index in [2.05, 4.69) is 43.1 Å². The van der Waals surface area contributed by atoms with E-state index in [0.29, 0.717) is 19.6 Å². The predicted molar refractivity (Wildman–Crippen MR) is 78.1 cm³/mol. The first-order chi connectivity index (χ1) is 9.15. The fraction of sp³-hybridized carbons (Fsp3) is 0.438. The Bertz CT molecular complexity index is 398. The third-order valence-corrected chi connectivity index (χ3v) is 2.87. The van der Waals surface area contributed by atoms with Gasteiger partial charge >= 0.3 is 5.97 Å². The van der Waals surface area contributed by atoms with Gasteiger partial charge in [-0.25, -0.2) is 0 Å². The van der Waals surface area contributed by atoms with Gasteiger partial charge in [0.1, 0.15) is 0 Å². The van der Waals surface area contributed by atoms with Gasteiger partial charge in [-0.2, -0.15) is 0 Å². The second-order valence-corrected chi connectivity index (χ2v) is 4.59. The number of aryl methyl sites for hydroxylation is 1. The zero-order valence-corrected chi connectivity index (χ0v) is 11.8. The lowest BCUT2D eigenvalue weighted by atomic mass is 10.0. The maximum absolute atomic E-state index is 11.6. The molecule has 0 aromatic heterocycles. The third-order valence-electron chi connectivity index (χ3n) is 2.87. The zero-order chi connectivity index (χ0) is 14.1. The van der Waals surface area contributed by atoms with E-state index in [4.69, 9.17) is 4.74 Å². The van der Waals surface area contributed by atoms with Crippen LogP contribution in [0, 0.1) is 6.92 Å². The number of nitrogens with one attached hydrogen (secondary N) is 1. The smallest absolute Gasteiger partial charge is 0.307 e. The van der Waals surface area contributed by atoms with Crippen LogP contribution in [0.4, 0.5) is 0 Å². The first-order valence-electron chi connectivity index (χ1n) is 6.71. The van der Waals surface area contributed by atoms with Crippen LogP contribution in [0.1, 0.15) is 24.5 Å². The van der Waals surface area contributed by atoms with Crippen LogP contribution in [-0.4, -0.2) is 25.2 Å². The standard InChI is InChI=1S/C16H23NO2/c1-4-10-17-15(12-16(18)19-5-2)11-14-8-6-13(3)7-9-14/h4,6-9,15,17H,1,5,10-12H2,2-3H3. The highest BCUT2D eigenvalue weighted by Crippen LogP contribution is 2.09. The second kappa shape index (κ2) is 8.48. The van der Waals surface area contributed by atoms with E-state index in [1.54, 1.807) is 6.08 Å². The van der Waals surface area contributed by atoms with Crippen molar-refractivity contribution in [2.24, 2.45) is 0 Å². The van der Waals surface area contributed by atoms with Crippen LogP contribution in [0.25, 0.3) is 0 Å². The number of benzene rings is 1. The van der Waals surface area contributed by atoms with E-state index >= 15 is 0 Å². The molecule has 0 saturated carbocycles. The van der Waals surface area contributed by atoms with E-state index in [-0.39, 0.29) is 12.0 Å². The summed E-state index contributed by atoms with van der Waals surface area (Å²) in [5.74, 6) is -0.156. The van der Waals surface area contributed by atoms with Crippen molar-refractivity contribution in [3.63, 3.8) is 0 Å². The maximum Gasteiger partial charge on any atom is 0.307 e. The van der Waals surface area contributed by atoms with Gasteiger partial charge in [-0.05, 0) is 25.8 Å². The molecule has 0 spiro atoms. The summed E-state index contributed by atoms with van der Waals surface area (Å²) < 4.78 is 5.00. The number of hydrogen-bond donors (Lipinski definition) is 1. The number of carbonyl (C=O) groups is 1. The summed E-state index contributed by atoms with van der Waals surface area (Å²) >= 11 is 0. The minimum absolute atomic E-state index is 0.0831. The molecule has 1 N–H and O–H groups in total. The van der Waals surface area contributed by atoms with Crippen molar-refractivity contribution in [2.45, 2.75) is 32.7 Å². The highest BCUT2D eigenvalue weighted by molar-refractivity contribution is 5.70. The molecule has 0 heterocycles. The molecule has 0 radical (unpaired) electrons. The number of ether oxygens (including phenoxy) is 1. The van der Waals surface area contributed by atoms with Gasteiger partial charge in [-0.1, -0.05) is 35.9 Å². The first kappa shape index (κ1) is 15.4. The molecule has 3 nitrogen and oxygen atoms in total. The first-order valence-corrected chi connectivity index (χ1v) is 6.71. The molecule has 19 heavy (non-hydrogen) atoms. The summed E-state index contributed by atoms with van der Waals surface area (Å²) in [6.07, 6.45) is 3.00. The SMILES string of the molecule is C=CCNC(CC(=O)OCC)Cc1ccc(C)cc1. The lowest BCUT2D eigenvalue weighted by Gasteiger charge is -2.17. The third kappa shape index (κ3) is 6.20. The van der Waals surface area contributed by atoms with Crippen LogP contribution < -0.4 is 5.32 Å². The minimum Gasteiger partial charge on any atom is -0.466 e. The topological polar surface area (TPSA) is 38.3 Å². The number of esters is 1. The lowest BCUT2D eigenvalue weighted by Crippen LogP contribution is -2.34. The van der Waals surface area contributed by atoms with Crippen LogP contribution in [0.5, 0.6) is 0 Å². The Morgan fingerprint density at radius 3 is 2.68 bits per heavy atom. The zero-order valence-electron chi connectivity index (χ0n) is 11.8. The van der Waals surface area contributed by atoms with Gasteiger partial charge in [0.25, 0.3) is 0 Å². The van der Waals surface area contributed by atoms with Crippen LogP contribution in [0.2, 0.25) is 0 Å². The average molecular weight is 261 g/mol. The Morgan fingerprint density at radius 1 is 1.42 bits per heavy atom. The second-order valence-electron chi connectivity index (χ2n) is 4.59. The van der Waals surface area contributed by atoms with Crippen molar-refractivity contribution in [1.29, 1.82) is 0 Å². The van der Waals surface area contributed by atoms with Crippen molar-refractivity contribution in [2.75, 3.05) is 13.2 Å². The van der Waals surface area contributed by atoms with Crippen LogP contribution in [-0.2, 0) is 16.0 Å². The van der Waals surface area contributed by atoms with Crippen molar-refractivity contribution >= 4 is 5.97 Å². The van der Waals surface area contributed by atoms with Crippen LogP contribution >= 0.6 is 0 Å². The van der Waals surface area contributed by atoms with Crippen LogP contribution in [0.3, 0.4) is 0 Å². The van der Waals surface area contributed by atoms with E-state index in [0.717, 1.165) is 6.42 Å². The molecule has 0 saturated heterocycles. The molecule has 1 aromatic rings. The van der Waals surface area contributed by atoms with E-state index in [1.165, 1.54) is 11.1 Å². The molecule has 0 aliphatic rings. The Hall–Kier alpha value is -1.61. The Kier molecular flexibility index (Phi) is 6.90. The summed E-state index contributed by atoms with van der Waals surface area (Å²) in [4.78, 5) is 11.6. The molecule has 0 fully saturated rings. The molecule has 1 atom stereocenters. The van der Waals surface area contributed by atoms with Gasteiger partial charge in [-0.3, -0.25) is 4.79 Å². The Morgan fingerprint density at radius 2 is 2.11 bits per heavy atom. The molecule has 1 unspecified atom stereocenters. The summed E-state index contributed by atoms with van der Waals surface area (Å²) in [6, 6.07) is 8.46. The highest BCUT2D eigenvalue weighted by Gasteiger charge is 2.14. The lowest BCUT2D eigenvalue weighted by molar-refractivity contribution is -0.143. The van der Waals surface area contributed by atoms with Crippen molar-refractivity contribution < 1.29 is 9.53 Å². The maximum atomic E-state index is 11.6. The quantitative estimate of drug-likeness (QED) is 0.577. The van der Waals surface area contributed by atoms with E-state index < -0.39 is 0 Å². The van der Waals surface area contributed by atoms with E-state index in [1.807, 2.05) is 6.92 Å². The highest BCUT2D eigenvalue weighted by atomic mass is 16.5. The molecule has 1 aromatic carbocycles. The molecule has 0 bridgehead atoms. The monoisotopic (exact) mass is 261 g/mol. The van der Waals surface area contributed by atoms with Gasteiger partial charge in [0.15, 0.2) is 0 Å². The molecule has 0 aliphatic carbocycles. The average Bonchev–Trinajstić information content (AvgIpc) is 2.39. The molecule has 0 amide bonds. The Balaban J connectivity index is 2.59. The fourth-order valence-electron chi connectivity index (χ4n) is 1.90. The summed E-state index contributed by atoms with van der Waals surface area (Å²) in [6.45, 7) is 8.70. The molecule has 0 aliphatic heterocycles. The molecule has 3 heteroatoms. The van der Waals surface area contributed by atoms with Crippen LogP contribution in [0.15, 0.2) is 36.9 Å². The van der Waals surface area contributed by atoms with Crippen molar-refractivity contribution in [3.8, 4) is 0 Å². The van der Waals surface area contributed by atoms with Crippen molar-refractivity contribution in [1.82, 2.24) is 5.32 Å². The normalized spacial score (nSPS) is 11.9. The van der Waals surface area contributed by atoms with Gasteiger partial charge in [0, 0.05) is 12.6 Å². The molecule has 1 rings (SSSR count).